The smallest absolute Gasteiger partial charge is 0.135 e. The topological polar surface area (TPSA) is 29.1 Å². The molecule has 24 heavy (non-hydrogen) atoms. The van der Waals surface area contributed by atoms with Gasteiger partial charge < -0.3 is 0 Å². The third-order valence-corrected chi connectivity index (χ3v) is 12.4. The monoisotopic (exact) mass is 359 g/mol. The van der Waals surface area contributed by atoms with E-state index in [2.05, 4.69) is 85.8 Å². The summed E-state index contributed by atoms with van der Waals surface area (Å²) in [5, 5.41) is 2.42. The van der Waals surface area contributed by atoms with Crippen LogP contribution in [0.5, 0.6) is 0 Å². The average Bonchev–Trinajstić information content (AvgIpc) is 2.54. The minimum atomic E-state index is -2.17. The fourth-order valence-electron chi connectivity index (χ4n) is 2.92. The van der Waals surface area contributed by atoms with E-state index < -0.39 is 19.1 Å². The largest absolute Gasteiger partial charge is 0.242 e. The molecule has 0 spiro atoms. The van der Waals surface area contributed by atoms with E-state index in [-0.39, 0.29) is 9.91 Å². The second kappa shape index (κ2) is 6.94. The molecule has 0 saturated carbocycles. The van der Waals surface area contributed by atoms with Gasteiger partial charge in [-0.05, 0) is 34.6 Å². The van der Waals surface area contributed by atoms with Crippen molar-refractivity contribution in [2.45, 2.75) is 51.1 Å². The Labute approximate surface area is 150 Å². The fraction of sp³-hybridized carbons (Fsp3) is 0.400. The van der Waals surface area contributed by atoms with Crippen LogP contribution in [-0.2, 0) is 11.0 Å². The molecule has 0 heterocycles. The third-order valence-electron chi connectivity index (χ3n) is 4.86. The minimum absolute atomic E-state index is 0.270. The first-order chi connectivity index (χ1) is 11.1. The van der Waals surface area contributed by atoms with E-state index in [4.69, 9.17) is 0 Å². The van der Waals surface area contributed by atoms with E-state index >= 15 is 0 Å². The van der Waals surface area contributed by atoms with Crippen molar-refractivity contribution in [2.75, 3.05) is 0 Å². The first-order valence-corrected chi connectivity index (χ1v) is 12.0. The standard InChI is InChI=1S/C20H29NOSSi/c1-19(2,3)23(22)21-20(4,5)24(6,17-13-9-7-10-14-17)18-15-11-8-12-16-18/h7-16,21H,1-6H3/t23-/m1/s1. The van der Waals surface area contributed by atoms with E-state index in [1.165, 1.54) is 10.4 Å². The molecule has 2 nitrogen and oxygen atoms in total. The molecule has 2 aromatic carbocycles. The zero-order valence-corrected chi connectivity index (χ0v) is 17.4. The number of benzene rings is 2. The molecule has 0 saturated heterocycles. The lowest BCUT2D eigenvalue weighted by molar-refractivity contribution is 0.588. The maximum Gasteiger partial charge on any atom is 0.135 e. The van der Waals surface area contributed by atoms with Crippen LogP contribution in [0.15, 0.2) is 60.7 Å². The van der Waals surface area contributed by atoms with Gasteiger partial charge in [-0.2, -0.15) is 0 Å². The molecule has 0 aliphatic heterocycles. The van der Waals surface area contributed by atoms with E-state index in [9.17, 15) is 4.21 Å². The summed E-state index contributed by atoms with van der Waals surface area (Å²) in [6, 6.07) is 21.3. The number of hydrogen-bond donors (Lipinski definition) is 1. The van der Waals surface area contributed by atoms with Gasteiger partial charge in [-0.15, -0.1) is 0 Å². The third kappa shape index (κ3) is 3.71. The highest BCUT2D eigenvalue weighted by Gasteiger charge is 2.47. The van der Waals surface area contributed by atoms with E-state index in [1.807, 2.05) is 20.8 Å². The lowest BCUT2D eigenvalue weighted by Crippen LogP contribution is -2.74. The summed E-state index contributed by atoms with van der Waals surface area (Å²) >= 11 is 0. The lowest BCUT2D eigenvalue weighted by atomic mass is 10.3. The Balaban J connectivity index is 2.57. The highest BCUT2D eigenvalue weighted by molar-refractivity contribution is 7.84. The molecule has 0 aromatic heterocycles. The number of rotatable bonds is 5. The zero-order chi connectivity index (χ0) is 18.0. The van der Waals surface area contributed by atoms with Crippen LogP contribution in [0.3, 0.4) is 0 Å². The molecule has 0 radical (unpaired) electrons. The summed E-state index contributed by atoms with van der Waals surface area (Å²) in [4.78, 5) is 0. The summed E-state index contributed by atoms with van der Waals surface area (Å²) < 4.78 is 16.0. The average molecular weight is 360 g/mol. The predicted molar refractivity (Wildman–Crippen MR) is 109 cm³/mol. The predicted octanol–water partition coefficient (Wildman–Crippen LogP) is 3.25. The van der Waals surface area contributed by atoms with Crippen molar-refractivity contribution in [3.8, 4) is 0 Å². The van der Waals surface area contributed by atoms with Gasteiger partial charge in [-0.3, -0.25) is 0 Å². The fourth-order valence-corrected chi connectivity index (χ4v) is 8.28. The van der Waals surface area contributed by atoms with Gasteiger partial charge in [0.1, 0.15) is 8.07 Å². The highest BCUT2D eigenvalue weighted by Crippen LogP contribution is 2.23. The SMILES string of the molecule is CC(C)(C)[S@@](=O)NC(C)(C)[Si](C)(c1ccccc1)c1ccccc1. The quantitative estimate of drug-likeness (QED) is 0.816. The zero-order valence-electron chi connectivity index (χ0n) is 15.6. The summed E-state index contributed by atoms with van der Waals surface area (Å²) in [7, 11) is -3.29. The molecular formula is C20H29NOSSi. The maximum atomic E-state index is 12.8. The van der Waals surface area contributed by atoms with Gasteiger partial charge >= 0.3 is 0 Å². The normalized spacial score (nSPS) is 14.4. The number of hydrogen-bond acceptors (Lipinski definition) is 1. The summed E-state index contributed by atoms with van der Waals surface area (Å²) in [6.45, 7) is 12.8. The Bertz CT molecular complexity index is 653. The van der Waals surface area contributed by atoms with Gasteiger partial charge in [-0.1, -0.05) is 77.6 Å². The first-order valence-electron chi connectivity index (χ1n) is 8.40. The molecule has 130 valence electrons. The second-order valence-corrected chi connectivity index (χ2v) is 14.6. The molecule has 2 rings (SSSR count). The van der Waals surface area contributed by atoms with Crippen molar-refractivity contribution >= 4 is 29.4 Å². The summed E-state index contributed by atoms with van der Waals surface area (Å²) in [5.41, 5.74) is 0. The molecule has 0 aliphatic carbocycles. The van der Waals surface area contributed by atoms with Gasteiger partial charge in [0.15, 0.2) is 0 Å². The van der Waals surface area contributed by atoms with Gasteiger partial charge in [-0.25, -0.2) is 8.93 Å². The Kier molecular flexibility index (Phi) is 5.53. The highest BCUT2D eigenvalue weighted by atomic mass is 32.2. The van der Waals surface area contributed by atoms with Crippen LogP contribution in [-0.4, -0.2) is 22.2 Å². The molecule has 2 aromatic rings. The molecule has 0 bridgehead atoms. The summed E-state index contributed by atoms with van der Waals surface area (Å²) in [5.74, 6) is 0. The van der Waals surface area contributed by atoms with Crippen LogP contribution < -0.4 is 15.1 Å². The molecule has 0 amide bonds. The second-order valence-electron chi connectivity index (χ2n) is 7.97. The van der Waals surface area contributed by atoms with Crippen molar-refractivity contribution in [2.24, 2.45) is 0 Å². The lowest BCUT2D eigenvalue weighted by Gasteiger charge is -2.44. The van der Waals surface area contributed by atoms with Crippen molar-refractivity contribution in [3.05, 3.63) is 60.7 Å². The van der Waals surface area contributed by atoms with Crippen LogP contribution in [0.2, 0.25) is 6.55 Å². The van der Waals surface area contributed by atoms with Gasteiger partial charge in [0, 0.05) is 5.16 Å². The molecule has 1 N–H and O–H groups in total. The van der Waals surface area contributed by atoms with Crippen LogP contribution in [0.25, 0.3) is 0 Å². The van der Waals surface area contributed by atoms with E-state index in [1.54, 1.807) is 0 Å². The van der Waals surface area contributed by atoms with E-state index in [0.29, 0.717) is 0 Å². The van der Waals surface area contributed by atoms with Crippen LogP contribution in [0.1, 0.15) is 34.6 Å². The first kappa shape index (κ1) is 19.1. The van der Waals surface area contributed by atoms with Crippen molar-refractivity contribution in [1.29, 1.82) is 0 Å². The van der Waals surface area contributed by atoms with Gasteiger partial charge in [0.25, 0.3) is 0 Å². The van der Waals surface area contributed by atoms with Crippen LogP contribution in [0, 0.1) is 0 Å². The van der Waals surface area contributed by atoms with Crippen molar-refractivity contribution in [3.63, 3.8) is 0 Å². The molecule has 0 fully saturated rings. The Morgan fingerprint density at radius 2 is 1.17 bits per heavy atom. The molecule has 0 aliphatic rings. The maximum absolute atomic E-state index is 12.8. The minimum Gasteiger partial charge on any atom is -0.242 e. The van der Waals surface area contributed by atoms with Crippen LogP contribution >= 0.6 is 0 Å². The Morgan fingerprint density at radius 3 is 1.50 bits per heavy atom. The Morgan fingerprint density at radius 1 is 0.792 bits per heavy atom. The van der Waals surface area contributed by atoms with Crippen molar-refractivity contribution in [1.82, 2.24) is 4.72 Å². The van der Waals surface area contributed by atoms with E-state index in [0.717, 1.165) is 0 Å². The molecular weight excluding hydrogens is 330 g/mol. The molecule has 1 atom stereocenters. The summed E-state index contributed by atoms with van der Waals surface area (Å²) in [6.07, 6.45) is 0. The molecule has 0 unspecified atom stereocenters. The van der Waals surface area contributed by atoms with Crippen LogP contribution in [0.4, 0.5) is 0 Å². The van der Waals surface area contributed by atoms with Crippen molar-refractivity contribution < 1.29 is 4.21 Å². The number of nitrogens with one attached hydrogen (secondary N) is 1. The van der Waals surface area contributed by atoms with Gasteiger partial charge in [0.05, 0.1) is 15.7 Å². The molecule has 4 heteroatoms. The van der Waals surface area contributed by atoms with Gasteiger partial charge in [0.2, 0.25) is 0 Å². The Hall–Kier alpha value is -1.23.